The molecule has 4 nitrogen and oxygen atoms in total. The number of amides is 2. The molecule has 0 bridgehead atoms. The average molecular weight is 254 g/mol. The number of nitrogens with zero attached hydrogens (tertiary/aromatic N) is 1. The SMILES string of the molecule is CCC1(C)NC(=O)CCN(C(C)(CC)CC)C1=O. The maximum Gasteiger partial charge on any atom is 0.248 e. The fourth-order valence-electron chi connectivity index (χ4n) is 2.42. The Morgan fingerprint density at radius 2 is 1.83 bits per heavy atom. The molecule has 2 amide bonds. The van der Waals surface area contributed by atoms with Crippen LogP contribution in [0.15, 0.2) is 0 Å². The van der Waals surface area contributed by atoms with Crippen molar-refractivity contribution in [2.24, 2.45) is 0 Å². The van der Waals surface area contributed by atoms with Gasteiger partial charge in [-0.2, -0.15) is 0 Å². The third kappa shape index (κ3) is 2.52. The van der Waals surface area contributed by atoms with Crippen LogP contribution in [0.25, 0.3) is 0 Å². The van der Waals surface area contributed by atoms with Crippen LogP contribution in [0.5, 0.6) is 0 Å². The molecule has 0 saturated carbocycles. The summed E-state index contributed by atoms with van der Waals surface area (Å²) in [5, 5.41) is 2.87. The molecular weight excluding hydrogens is 228 g/mol. The Hall–Kier alpha value is -1.06. The Balaban J connectivity index is 3.12. The van der Waals surface area contributed by atoms with Gasteiger partial charge in [0.15, 0.2) is 0 Å². The molecule has 104 valence electrons. The minimum atomic E-state index is -0.751. The summed E-state index contributed by atoms with van der Waals surface area (Å²) in [5.74, 6) is 0.0341. The normalized spacial score (nSPS) is 25.9. The van der Waals surface area contributed by atoms with Crippen molar-refractivity contribution in [2.75, 3.05) is 6.54 Å². The summed E-state index contributed by atoms with van der Waals surface area (Å²) in [7, 11) is 0. The molecule has 18 heavy (non-hydrogen) atoms. The summed E-state index contributed by atoms with van der Waals surface area (Å²) < 4.78 is 0. The highest BCUT2D eigenvalue weighted by Gasteiger charge is 2.44. The van der Waals surface area contributed by atoms with Gasteiger partial charge in [-0.15, -0.1) is 0 Å². The lowest BCUT2D eigenvalue weighted by Gasteiger charge is -2.43. The highest BCUT2D eigenvalue weighted by Crippen LogP contribution is 2.29. The van der Waals surface area contributed by atoms with Crippen molar-refractivity contribution in [3.8, 4) is 0 Å². The highest BCUT2D eigenvalue weighted by molar-refractivity contribution is 5.93. The van der Waals surface area contributed by atoms with Crippen molar-refractivity contribution in [1.82, 2.24) is 10.2 Å². The maximum atomic E-state index is 12.7. The zero-order chi connectivity index (χ0) is 14.0. The molecule has 0 aromatic carbocycles. The highest BCUT2D eigenvalue weighted by atomic mass is 16.2. The molecule has 0 aliphatic carbocycles. The lowest BCUT2D eigenvalue weighted by atomic mass is 9.89. The van der Waals surface area contributed by atoms with E-state index in [2.05, 4.69) is 26.1 Å². The van der Waals surface area contributed by atoms with Gasteiger partial charge in [-0.1, -0.05) is 20.8 Å². The topological polar surface area (TPSA) is 49.4 Å². The summed E-state index contributed by atoms with van der Waals surface area (Å²) in [6.07, 6.45) is 2.83. The Morgan fingerprint density at radius 1 is 1.28 bits per heavy atom. The molecule has 1 N–H and O–H groups in total. The molecule has 0 aromatic rings. The first kappa shape index (κ1) is 15.0. The predicted octanol–water partition coefficient (Wildman–Crippen LogP) is 2.08. The van der Waals surface area contributed by atoms with Crippen molar-refractivity contribution in [3.63, 3.8) is 0 Å². The second-order valence-electron chi connectivity index (χ2n) is 5.64. The fraction of sp³-hybridized carbons (Fsp3) is 0.857. The predicted molar refractivity (Wildman–Crippen MR) is 72.2 cm³/mol. The van der Waals surface area contributed by atoms with Crippen molar-refractivity contribution < 1.29 is 9.59 Å². The smallest absolute Gasteiger partial charge is 0.248 e. The van der Waals surface area contributed by atoms with Crippen molar-refractivity contribution >= 4 is 11.8 Å². The van der Waals surface area contributed by atoms with Crippen molar-refractivity contribution in [2.45, 2.75) is 71.4 Å². The van der Waals surface area contributed by atoms with Gasteiger partial charge in [0, 0.05) is 18.5 Å². The number of hydrogen-bond acceptors (Lipinski definition) is 2. The van der Waals surface area contributed by atoms with Gasteiger partial charge in [-0.05, 0) is 33.1 Å². The Bertz CT molecular complexity index is 337. The lowest BCUT2D eigenvalue weighted by molar-refractivity contribution is -0.143. The summed E-state index contributed by atoms with van der Waals surface area (Å²) in [6, 6.07) is 0. The van der Waals surface area contributed by atoms with Gasteiger partial charge >= 0.3 is 0 Å². The second kappa shape index (κ2) is 5.29. The van der Waals surface area contributed by atoms with E-state index in [0.717, 1.165) is 12.8 Å². The summed E-state index contributed by atoms with van der Waals surface area (Å²) in [5.41, 5.74) is -0.904. The van der Waals surface area contributed by atoms with E-state index in [1.54, 1.807) is 0 Å². The molecular formula is C14H26N2O2. The zero-order valence-electron chi connectivity index (χ0n) is 12.3. The van der Waals surface area contributed by atoms with Crippen LogP contribution < -0.4 is 5.32 Å². The summed E-state index contributed by atoms with van der Waals surface area (Å²) in [6.45, 7) is 10.6. The molecule has 1 rings (SSSR count). The van der Waals surface area contributed by atoms with E-state index in [1.807, 2.05) is 18.7 Å². The number of carbonyl (C=O) groups is 2. The van der Waals surface area contributed by atoms with Crippen LogP contribution in [0.4, 0.5) is 0 Å². The molecule has 1 fully saturated rings. The standard InChI is InChI=1S/C14H26N2O2/c1-6-13(4,7-2)16-10-9-11(17)15-14(5,8-3)12(16)18/h6-10H2,1-5H3,(H,15,17). The van der Waals surface area contributed by atoms with Gasteiger partial charge in [0.25, 0.3) is 0 Å². The average Bonchev–Trinajstić information content (AvgIpc) is 2.48. The molecule has 4 heteroatoms. The number of hydrogen-bond donors (Lipinski definition) is 1. The van der Waals surface area contributed by atoms with Crippen LogP contribution in [0.1, 0.15) is 60.3 Å². The maximum absolute atomic E-state index is 12.7. The number of rotatable bonds is 4. The summed E-state index contributed by atoms with van der Waals surface area (Å²) in [4.78, 5) is 26.4. The molecule has 0 spiro atoms. The molecule has 0 radical (unpaired) electrons. The Kier molecular flexibility index (Phi) is 4.41. The third-order valence-electron chi connectivity index (χ3n) is 4.58. The van der Waals surface area contributed by atoms with Gasteiger partial charge in [-0.3, -0.25) is 9.59 Å². The molecule has 1 unspecified atom stereocenters. The van der Waals surface area contributed by atoms with E-state index in [-0.39, 0.29) is 17.4 Å². The Labute approximate surface area is 110 Å². The lowest BCUT2D eigenvalue weighted by Crippen LogP contribution is -2.59. The van der Waals surface area contributed by atoms with Crippen LogP contribution >= 0.6 is 0 Å². The molecule has 1 heterocycles. The van der Waals surface area contributed by atoms with Crippen molar-refractivity contribution in [1.29, 1.82) is 0 Å². The first-order valence-electron chi connectivity index (χ1n) is 6.96. The minimum absolute atomic E-state index is 0.0234. The molecule has 1 saturated heterocycles. The monoisotopic (exact) mass is 254 g/mol. The van der Waals surface area contributed by atoms with Gasteiger partial charge in [0.1, 0.15) is 5.54 Å². The largest absolute Gasteiger partial charge is 0.342 e. The first-order chi connectivity index (χ1) is 8.33. The zero-order valence-corrected chi connectivity index (χ0v) is 12.3. The second-order valence-corrected chi connectivity index (χ2v) is 5.64. The van der Waals surface area contributed by atoms with Gasteiger partial charge in [0.2, 0.25) is 11.8 Å². The van der Waals surface area contributed by atoms with Gasteiger partial charge < -0.3 is 10.2 Å². The number of carbonyl (C=O) groups excluding carboxylic acids is 2. The van der Waals surface area contributed by atoms with E-state index < -0.39 is 5.54 Å². The van der Waals surface area contributed by atoms with Gasteiger partial charge in [-0.25, -0.2) is 0 Å². The van der Waals surface area contributed by atoms with Gasteiger partial charge in [0.05, 0.1) is 0 Å². The van der Waals surface area contributed by atoms with E-state index >= 15 is 0 Å². The quantitative estimate of drug-likeness (QED) is 0.835. The van der Waals surface area contributed by atoms with Crippen LogP contribution in [-0.4, -0.2) is 34.3 Å². The molecule has 1 atom stereocenters. The molecule has 0 aromatic heterocycles. The van der Waals surface area contributed by atoms with Crippen molar-refractivity contribution in [3.05, 3.63) is 0 Å². The van der Waals surface area contributed by atoms with Crippen LogP contribution in [0.2, 0.25) is 0 Å². The molecule has 1 aliphatic heterocycles. The first-order valence-corrected chi connectivity index (χ1v) is 6.96. The van der Waals surface area contributed by atoms with E-state index in [0.29, 0.717) is 19.4 Å². The van der Waals surface area contributed by atoms with Crippen LogP contribution in [0, 0.1) is 0 Å². The van der Waals surface area contributed by atoms with E-state index in [1.165, 1.54) is 0 Å². The van der Waals surface area contributed by atoms with E-state index in [9.17, 15) is 9.59 Å². The molecule has 1 aliphatic rings. The summed E-state index contributed by atoms with van der Waals surface area (Å²) >= 11 is 0. The fourth-order valence-corrected chi connectivity index (χ4v) is 2.42. The van der Waals surface area contributed by atoms with E-state index in [4.69, 9.17) is 0 Å². The minimum Gasteiger partial charge on any atom is -0.342 e. The Morgan fingerprint density at radius 3 is 2.28 bits per heavy atom. The number of nitrogens with one attached hydrogen (secondary N) is 1. The van der Waals surface area contributed by atoms with Crippen LogP contribution in [-0.2, 0) is 9.59 Å². The van der Waals surface area contributed by atoms with Crippen LogP contribution in [0.3, 0.4) is 0 Å². The third-order valence-corrected chi connectivity index (χ3v) is 4.58.